The third kappa shape index (κ3) is 4.49. The van der Waals surface area contributed by atoms with E-state index in [1.54, 1.807) is 0 Å². The number of nitrogens with one attached hydrogen (secondary N) is 1. The van der Waals surface area contributed by atoms with E-state index in [9.17, 15) is 22.7 Å². The molecule has 7 rings (SSSR count). The highest BCUT2D eigenvalue weighted by Crippen LogP contribution is 2.61. The SMILES string of the molecule is OC(CNc1ncnc2c1CCN(Cc1ccc(C(F)(F)F)cc1F)C2)C12CC3CC(CC(C3)C1)C2. The second-order valence-corrected chi connectivity index (χ2v) is 11.6. The predicted molar refractivity (Wildman–Crippen MR) is 126 cm³/mol. The number of hydrogen-bond acceptors (Lipinski definition) is 5. The van der Waals surface area contributed by atoms with Crippen LogP contribution in [0.1, 0.15) is 60.9 Å². The minimum Gasteiger partial charge on any atom is -0.391 e. The molecule has 5 aliphatic rings. The Bertz CT molecular complexity index is 1100. The summed E-state index contributed by atoms with van der Waals surface area (Å²) in [6, 6.07) is 2.70. The molecular weight excluding hydrogens is 472 g/mol. The van der Waals surface area contributed by atoms with Crippen LogP contribution in [0.5, 0.6) is 0 Å². The Morgan fingerprint density at radius 2 is 1.78 bits per heavy atom. The van der Waals surface area contributed by atoms with Gasteiger partial charge in [-0.2, -0.15) is 13.2 Å². The highest BCUT2D eigenvalue weighted by atomic mass is 19.4. The molecule has 1 unspecified atom stereocenters. The van der Waals surface area contributed by atoms with Crippen LogP contribution in [0.3, 0.4) is 0 Å². The van der Waals surface area contributed by atoms with Gasteiger partial charge in [0.15, 0.2) is 0 Å². The van der Waals surface area contributed by atoms with Gasteiger partial charge < -0.3 is 10.4 Å². The molecule has 0 radical (unpaired) electrons. The van der Waals surface area contributed by atoms with Crippen molar-refractivity contribution in [3.63, 3.8) is 0 Å². The van der Waals surface area contributed by atoms with Crippen molar-refractivity contribution >= 4 is 5.82 Å². The molecule has 36 heavy (non-hydrogen) atoms. The van der Waals surface area contributed by atoms with Gasteiger partial charge in [0, 0.05) is 37.3 Å². The Morgan fingerprint density at radius 1 is 1.08 bits per heavy atom. The molecule has 0 amide bonds. The minimum absolute atomic E-state index is 0.0391. The molecule has 5 nitrogen and oxygen atoms in total. The molecule has 1 aromatic carbocycles. The number of fused-ring (bicyclic) bond motifs is 1. The summed E-state index contributed by atoms with van der Waals surface area (Å²) in [6.45, 7) is 1.76. The lowest BCUT2D eigenvalue weighted by molar-refractivity contribution is -0.137. The normalized spacial score (nSPS) is 30.3. The molecule has 0 saturated heterocycles. The Balaban J connectivity index is 1.10. The number of alkyl halides is 3. The summed E-state index contributed by atoms with van der Waals surface area (Å²) in [6.07, 6.45) is 4.61. The van der Waals surface area contributed by atoms with Crippen LogP contribution in [0.4, 0.5) is 23.4 Å². The van der Waals surface area contributed by atoms with Gasteiger partial charge in [-0.05, 0) is 80.2 Å². The third-order valence-corrected chi connectivity index (χ3v) is 9.12. The van der Waals surface area contributed by atoms with Crippen LogP contribution in [0.25, 0.3) is 0 Å². The molecular formula is C27H32F4N4O. The van der Waals surface area contributed by atoms with Crippen molar-refractivity contribution in [1.29, 1.82) is 0 Å². The lowest BCUT2D eigenvalue weighted by Gasteiger charge is -2.58. The molecule has 2 aromatic rings. The Labute approximate surface area is 208 Å². The number of nitrogens with zero attached hydrogens (tertiary/aromatic N) is 3. The number of hydrogen-bond donors (Lipinski definition) is 2. The zero-order valence-corrected chi connectivity index (χ0v) is 20.2. The molecule has 9 heteroatoms. The fraction of sp³-hybridized carbons (Fsp3) is 0.630. The van der Waals surface area contributed by atoms with Gasteiger partial charge in [0.05, 0.1) is 17.4 Å². The Kier molecular flexibility index (Phi) is 5.98. The van der Waals surface area contributed by atoms with E-state index in [1.807, 2.05) is 4.90 Å². The van der Waals surface area contributed by atoms with Crippen molar-refractivity contribution in [3.8, 4) is 0 Å². The van der Waals surface area contributed by atoms with E-state index in [0.29, 0.717) is 32.1 Å². The zero-order valence-electron chi connectivity index (χ0n) is 20.2. The fourth-order valence-corrected chi connectivity index (χ4v) is 7.78. The first-order chi connectivity index (χ1) is 17.2. The molecule has 0 spiro atoms. The average molecular weight is 505 g/mol. The van der Waals surface area contributed by atoms with E-state index >= 15 is 0 Å². The van der Waals surface area contributed by atoms with Gasteiger partial charge in [0.2, 0.25) is 0 Å². The summed E-state index contributed by atoms with van der Waals surface area (Å²) in [5.41, 5.74) is 1.12. The van der Waals surface area contributed by atoms with Gasteiger partial charge in [-0.3, -0.25) is 4.90 Å². The van der Waals surface area contributed by atoms with Crippen molar-refractivity contribution in [3.05, 3.63) is 52.7 Å². The standard InChI is InChI=1S/C27H32F4N4O/c28-22-8-20(27(29,30)31)2-1-19(22)13-35-4-3-21-23(14-35)33-15-34-25(21)32-12-24(36)26-9-16-5-17(10-26)7-18(6-16)11-26/h1-2,8,15-18,24,36H,3-7,9-14H2,(H,32,33,34). The van der Waals surface area contributed by atoms with Gasteiger partial charge in [-0.15, -0.1) is 0 Å². The Hall–Kier alpha value is -2.26. The summed E-state index contributed by atoms with van der Waals surface area (Å²) in [7, 11) is 0. The summed E-state index contributed by atoms with van der Waals surface area (Å²) in [5.74, 6) is 2.22. The monoisotopic (exact) mass is 504 g/mol. The number of halogens is 4. The average Bonchev–Trinajstić information content (AvgIpc) is 2.82. The van der Waals surface area contributed by atoms with E-state index in [1.165, 1.54) is 31.7 Å². The van der Waals surface area contributed by atoms with Crippen molar-refractivity contribution in [1.82, 2.24) is 14.9 Å². The smallest absolute Gasteiger partial charge is 0.391 e. The quantitative estimate of drug-likeness (QED) is 0.531. The van der Waals surface area contributed by atoms with Gasteiger partial charge >= 0.3 is 6.18 Å². The highest BCUT2D eigenvalue weighted by molar-refractivity contribution is 5.47. The van der Waals surface area contributed by atoms with Crippen LogP contribution in [0, 0.1) is 29.0 Å². The van der Waals surface area contributed by atoms with E-state index in [0.717, 1.165) is 60.2 Å². The van der Waals surface area contributed by atoms with Crippen LogP contribution in [-0.4, -0.2) is 39.2 Å². The highest BCUT2D eigenvalue weighted by Gasteiger charge is 2.53. The molecule has 4 aliphatic carbocycles. The van der Waals surface area contributed by atoms with Gasteiger partial charge in [-0.25, -0.2) is 14.4 Å². The maximum absolute atomic E-state index is 14.4. The van der Waals surface area contributed by atoms with E-state index in [-0.39, 0.29) is 17.5 Å². The Morgan fingerprint density at radius 3 is 2.42 bits per heavy atom. The van der Waals surface area contributed by atoms with E-state index in [4.69, 9.17) is 0 Å². The number of anilines is 1. The second kappa shape index (κ2) is 8.94. The van der Waals surface area contributed by atoms with E-state index < -0.39 is 23.7 Å². The van der Waals surface area contributed by atoms with Crippen LogP contribution in [0.15, 0.2) is 24.5 Å². The van der Waals surface area contributed by atoms with Crippen molar-refractivity contribution in [2.45, 2.75) is 70.3 Å². The predicted octanol–water partition coefficient (Wildman–Crippen LogP) is 5.18. The number of benzene rings is 1. The summed E-state index contributed by atoms with van der Waals surface area (Å²) >= 11 is 0. The summed E-state index contributed by atoms with van der Waals surface area (Å²) in [5, 5.41) is 14.7. The maximum Gasteiger partial charge on any atom is 0.416 e. The van der Waals surface area contributed by atoms with Gasteiger partial charge in [0.25, 0.3) is 0 Å². The van der Waals surface area contributed by atoms with Gasteiger partial charge in [0.1, 0.15) is 18.0 Å². The topological polar surface area (TPSA) is 61.3 Å². The number of aliphatic hydroxyl groups is 1. The zero-order chi connectivity index (χ0) is 25.1. The van der Waals surface area contributed by atoms with Crippen LogP contribution in [0.2, 0.25) is 0 Å². The molecule has 4 fully saturated rings. The molecule has 194 valence electrons. The van der Waals surface area contributed by atoms with E-state index in [2.05, 4.69) is 15.3 Å². The fourth-order valence-electron chi connectivity index (χ4n) is 7.78. The minimum atomic E-state index is -4.56. The molecule has 1 aromatic heterocycles. The molecule has 1 atom stereocenters. The maximum atomic E-state index is 14.4. The molecule has 2 N–H and O–H groups in total. The second-order valence-electron chi connectivity index (χ2n) is 11.6. The van der Waals surface area contributed by atoms with Crippen molar-refractivity contribution in [2.75, 3.05) is 18.4 Å². The first kappa shape index (κ1) is 24.1. The largest absolute Gasteiger partial charge is 0.416 e. The lowest BCUT2D eigenvalue weighted by Crippen LogP contribution is -2.53. The molecule has 1 aliphatic heterocycles. The van der Waals surface area contributed by atoms with Crippen LogP contribution >= 0.6 is 0 Å². The lowest BCUT2D eigenvalue weighted by atomic mass is 9.48. The number of aliphatic hydroxyl groups excluding tert-OH is 1. The first-order valence-electron chi connectivity index (χ1n) is 13.0. The molecule has 2 heterocycles. The first-order valence-corrected chi connectivity index (χ1v) is 13.0. The number of rotatable bonds is 6. The molecule has 4 bridgehead atoms. The molecule has 4 saturated carbocycles. The third-order valence-electron chi connectivity index (χ3n) is 9.12. The summed E-state index contributed by atoms with van der Waals surface area (Å²) < 4.78 is 52.9. The number of aromatic nitrogens is 2. The van der Waals surface area contributed by atoms with Crippen LogP contribution in [-0.2, 0) is 25.7 Å². The van der Waals surface area contributed by atoms with Crippen molar-refractivity contribution < 1.29 is 22.7 Å². The van der Waals surface area contributed by atoms with Crippen LogP contribution < -0.4 is 5.32 Å². The van der Waals surface area contributed by atoms with Crippen molar-refractivity contribution in [2.24, 2.45) is 23.2 Å². The summed E-state index contributed by atoms with van der Waals surface area (Å²) in [4.78, 5) is 10.9. The van der Waals surface area contributed by atoms with Gasteiger partial charge in [-0.1, -0.05) is 6.07 Å².